The van der Waals surface area contributed by atoms with Crippen LogP contribution in [0.5, 0.6) is 0 Å². The Hall–Kier alpha value is -2.16. The number of benzene rings is 1. The molecule has 114 valence electrons. The van der Waals surface area contributed by atoms with Crippen molar-refractivity contribution in [2.75, 3.05) is 13.1 Å². The Morgan fingerprint density at radius 2 is 1.82 bits per heavy atom. The van der Waals surface area contributed by atoms with Crippen LogP contribution >= 0.6 is 0 Å². The summed E-state index contributed by atoms with van der Waals surface area (Å²) in [5.41, 5.74) is 3.68. The predicted molar refractivity (Wildman–Crippen MR) is 88.7 cm³/mol. The molecule has 0 atom stereocenters. The molecule has 2 heterocycles. The zero-order valence-electron chi connectivity index (χ0n) is 13.2. The lowest BCUT2D eigenvalue weighted by Gasteiger charge is -2.30. The van der Waals surface area contributed by atoms with Crippen LogP contribution in [0.15, 0.2) is 42.5 Å². The molecule has 0 N–H and O–H groups in total. The van der Waals surface area contributed by atoms with Crippen LogP contribution in [0, 0.1) is 12.8 Å². The van der Waals surface area contributed by atoms with Crippen LogP contribution in [0.25, 0.3) is 11.3 Å². The second-order valence-corrected chi connectivity index (χ2v) is 6.20. The van der Waals surface area contributed by atoms with Gasteiger partial charge in [0.2, 0.25) is 0 Å². The summed E-state index contributed by atoms with van der Waals surface area (Å²) in [5, 5.41) is 0. The van der Waals surface area contributed by atoms with E-state index in [2.05, 4.69) is 31.0 Å². The Morgan fingerprint density at radius 3 is 2.55 bits per heavy atom. The molecule has 0 spiro atoms. The molecule has 0 unspecified atom stereocenters. The van der Waals surface area contributed by atoms with E-state index >= 15 is 0 Å². The number of aromatic nitrogens is 1. The van der Waals surface area contributed by atoms with Crippen LogP contribution in [0.1, 0.15) is 35.8 Å². The lowest BCUT2D eigenvalue weighted by Crippen LogP contribution is -2.38. The summed E-state index contributed by atoms with van der Waals surface area (Å²) in [6.45, 7) is 6.00. The molecule has 1 aliphatic rings. The van der Waals surface area contributed by atoms with Crippen molar-refractivity contribution in [3.63, 3.8) is 0 Å². The van der Waals surface area contributed by atoms with Crippen molar-refractivity contribution in [2.45, 2.75) is 26.7 Å². The van der Waals surface area contributed by atoms with E-state index in [1.54, 1.807) is 0 Å². The summed E-state index contributed by atoms with van der Waals surface area (Å²) in [5.74, 6) is 0.776. The molecule has 0 radical (unpaired) electrons. The van der Waals surface area contributed by atoms with Crippen molar-refractivity contribution in [1.82, 2.24) is 9.88 Å². The highest BCUT2D eigenvalue weighted by molar-refractivity contribution is 5.93. The zero-order chi connectivity index (χ0) is 15.5. The summed E-state index contributed by atoms with van der Waals surface area (Å²) in [4.78, 5) is 19.2. The van der Waals surface area contributed by atoms with Gasteiger partial charge in [0.1, 0.15) is 5.69 Å². The first-order valence-electron chi connectivity index (χ1n) is 7.97. The largest absolute Gasteiger partial charge is 0.337 e. The van der Waals surface area contributed by atoms with Crippen LogP contribution in [-0.2, 0) is 0 Å². The van der Waals surface area contributed by atoms with Crippen LogP contribution in [0.2, 0.25) is 0 Å². The van der Waals surface area contributed by atoms with Gasteiger partial charge in [-0.3, -0.25) is 4.79 Å². The first kappa shape index (κ1) is 14.8. The molecule has 2 aromatic rings. The summed E-state index contributed by atoms with van der Waals surface area (Å²) in [6.07, 6.45) is 2.17. The van der Waals surface area contributed by atoms with Crippen molar-refractivity contribution in [1.29, 1.82) is 0 Å². The topological polar surface area (TPSA) is 33.2 Å². The van der Waals surface area contributed by atoms with Gasteiger partial charge in [0.25, 0.3) is 5.91 Å². The third-order valence-corrected chi connectivity index (χ3v) is 4.46. The number of likely N-dealkylation sites (tertiary alicyclic amines) is 1. The molecule has 1 aromatic heterocycles. The minimum atomic E-state index is 0.0577. The van der Waals surface area contributed by atoms with E-state index in [0.717, 1.165) is 43.1 Å². The molecular weight excluding hydrogens is 272 g/mol. The maximum atomic E-state index is 12.6. The van der Waals surface area contributed by atoms with E-state index in [1.165, 1.54) is 5.56 Å². The van der Waals surface area contributed by atoms with E-state index in [-0.39, 0.29) is 5.91 Å². The van der Waals surface area contributed by atoms with Gasteiger partial charge in [-0.25, -0.2) is 4.98 Å². The molecule has 1 aromatic carbocycles. The molecule has 22 heavy (non-hydrogen) atoms. The summed E-state index contributed by atoms with van der Waals surface area (Å²) >= 11 is 0. The molecule has 0 saturated carbocycles. The van der Waals surface area contributed by atoms with Gasteiger partial charge in [0.05, 0.1) is 5.69 Å². The summed E-state index contributed by atoms with van der Waals surface area (Å²) in [6, 6.07) is 13.9. The van der Waals surface area contributed by atoms with Gasteiger partial charge >= 0.3 is 0 Å². The van der Waals surface area contributed by atoms with Crippen LogP contribution < -0.4 is 0 Å². The number of rotatable bonds is 2. The van der Waals surface area contributed by atoms with E-state index in [1.807, 2.05) is 35.2 Å². The lowest BCUT2D eigenvalue weighted by molar-refractivity contribution is 0.0691. The standard InChI is InChI=1S/C19H22N2O/c1-14-10-12-21(13-11-14)19(22)18-9-5-8-17(20-18)16-7-4-3-6-15(16)2/h3-9,14H,10-13H2,1-2H3. The number of aryl methyl sites for hydroxylation is 1. The number of hydrogen-bond acceptors (Lipinski definition) is 2. The SMILES string of the molecule is Cc1ccccc1-c1cccc(C(=O)N2CCC(C)CC2)n1. The van der Waals surface area contributed by atoms with Gasteiger partial charge in [-0.15, -0.1) is 0 Å². The number of nitrogens with zero attached hydrogens (tertiary/aromatic N) is 2. The minimum Gasteiger partial charge on any atom is -0.337 e. The van der Waals surface area contributed by atoms with Crippen molar-refractivity contribution < 1.29 is 4.79 Å². The summed E-state index contributed by atoms with van der Waals surface area (Å²) in [7, 11) is 0. The fraction of sp³-hybridized carbons (Fsp3) is 0.368. The molecule has 0 bridgehead atoms. The monoisotopic (exact) mass is 294 g/mol. The molecule has 1 amide bonds. The maximum absolute atomic E-state index is 12.6. The number of piperidine rings is 1. The van der Waals surface area contributed by atoms with Crippen LogP contribution in [0.4, 0.5) is 0 Å². The van der Waals surface area contributed by atoms with Crippen LogP contribution in [-0.4, -0.2) is 28.9 Å². The van der Waals surface area contributed by atoms with Gasteiger partial charge in [0, 0.05) is 18.7 Å². The average Bonchev–Trinajstić information content (AvgIpc) is 2.55. The molecule has 0 aliphatic carbocycles. The maximum Gasteiger partial charge on any atom is 0.272 e. The highest BCUT2D eigenvalue weighted by Crippen LogP contribution is 2.22. The minimum absolute atomic E-state index is 0.0577. The Kier molecular flexibility index (Phi) is 4.23. The number of hydrogen-bond donors (Lipinski definition) is 0. The summed E-state index contributed by atoms with van der Waals surface area (Å²) < 4.78 is 0. The average molecular weight is 294 g/mol. The van der Waals surface area contributed by atoms with Gasteiger partial charge < -0.3 is 4.90 Å². The molecule has 3 rings (SSSR count). The van der Waals surface area contributed by atoms with Gasteiger partial charge in [-0.2, -0.15) is 0 Å². The van der Waals surface area contributed by atoms with Crippen molar-refractivity contribution >= 4 is 5.91 Å². The van der Waals surface area contributed by atoms with Crippen molar-refractivity contribution in [3.05, 3.63) is 53.7 Å². The number of amides is 1. The molecule has 1 saturated heterocycles. The zero-order valence-corrected chi connectivity index (χ0v) is 13.2. The van der Waals surface area contributed by atoms with Gasteiger partial charge in [0.15, 0.2) is 0 Å². The molecule has 3 nitrogen and oxygen atoms in total. The smallest absolute Gasteiger partial charge is 0.272 e. The second kappa shape index (κ2) is 6.30. The molecular formula is C19H22N2O. The quantitative estimate of drug-likeness (QED) is 0.841. The van der Waals surface area contributed by atoms with E-state index < -0.39 is 0 Å². The molecule has 3 heteroatoms. The number of carbonyl (C=O) groups excluding carboxylic acids is 1. The Labute approximate surface area is 132 Å². The fourth-order valence-corrected chi connectivity index (χ4v) is 2.94. The molecule has 1 fully saturated rings. The first-order valence-corrected chi connectivity index (χ1v) is 7.97. The third-order valence-electron chi connectivity index (χ3n) is 4.46. The Balaban J connectivity index is 1.85. The lowest BCUT2D eigenvalue weighted by atomic mass is 9.99. The third kappa shape index (κ3) is 3.03. The van der Waals surface area contributed by atoms with Crippen molar-refractivity contribution in [2.24, 2.45) is 5.92 Å². The second-order valence-electron chi connectivity index (χ2n) is 6.20. The fourth-order valence-electron chi connectivity index (χ4n) is 2.94. The van der Waals surface area contributed by atoms with E-state index in [0.29, 0.717) is 5.69 Å². The number of carbonyl (C=O) groups is 1. The van der Waals surface area contributed by atoms with Crippen LogP contribution in [0.3, 0.4) is 0 Å². The van der Waals surface area contributed by atoms with E-state index in [4.69, 9.17) is 0 Å². The highest BCUT2D eigenvalue weighted by Gasteiger charge is 2.22. The Morgan fingerprint density at radius 1 is 1.09 bits per heavy atom. The number of pyridine rings is 1. The van der Waals surface area contributed by atoms with Gasteiger partial charge in [-0.05, 0) is 43.4 Å². The molecule has 1 aliphatic heterocycles. The predicted octanol–water partition coefficient (Wildman–Crippen LogP) is 3.93. The normalized spacial score (nSPS) is 15.8. The Bertz CT molecular complexity index is 673. The van der Waals surface area contributed by atoms with E-state index in [9.17, 15) is 4.79 Å². The van der Waals surface area contributed by atoms with Crippen molar-refractivity contribution in [3.8, 4) is 11.3 Å². The highest BCUT2D eigenvalue weighted by atomic mass is 16.2. The first-order chi connectivity index (χ1) is 10.6. The van der Waals surface area contributed by atoms with Gasteiger partial charge in [-0.1, -0.05) is 37.3 Å².